The lowest BCUT2D eigenvalue weighted by atomic mass is 10.4. The highest BCUT2D eigenvalue weighted by atomic mass is 35.5. The van der Waals surface area contributed by atoms with Crippen LogP contribution >= 0.6 is 23.4 Å². The van der Waals surface area contributed by atoms with Crippen molar-refractivity contribution < 1.29 is 0 Å². The van der Waals surface area contributed by atoms with Crippen LogP contribution in [0.25, 0.3) is 0 Å². The van der Waals surface area contributed by atoms with Crippen LogP contribution in [0.5, 0.6) is 0 Å². The molecule has 0 bridgehead atoms. The zero-order valence-corrected chi connectivity index (χ0v) is 7.32. The first-order chi connectivity index (χ1) is 4.79. The zero-order valence-electron chi connectivity index (χ0n) is 5.75. The molecule has 0 aliphatic heterocycles. The summed E-state index contributed by atoms with van der Waals surface area (Å²) in [6.45, 7) is 1.97. The molecule has 1 rings (SSSR count). The van der Waals surface area contributed by atoms with E-state index in [4.69, 9.17) is 11.6 Å². The summed E-state index contributed by atoms with van der Waals surface area (Å²) in [5, 5.41) is 0. The summed E-state index contributed by atoms with van der Waals surface area (Å²) in [4.78, 5) is 1.23. The second-order valence-electron chi connectivity index (χ2n) is 1.97. The minimum atomic E-state index is 0.155. The van der Waals surface area contributed by atoms with E-state index in [1.807, 2.05) is 25.1 Å². The lowest BCUT2D eigenvalue weighted by molar-refractivity contribution is 1.37. The second kappa shape index (κ2) is 3.89. The predicted octanol–water partition coefficient (Wildman–Crippen LogP) is 3.36. The summed E-state index contributed by atoms with van der Waals surface area (Å²) in [6, 6.07) is 10.2. The van der Waals surface area contributed by atoms with Crippen LogP contribution in [0, 0.1) is 0 Å². The van der Waals surface area contributed by atoms with Gasteiger partial charge in [0, 0.05) is 4.90 Å². The van der Waals surface area contributed by atoms with E-state index in [1.54, 1.807) is 11.8 Å². The number of hydrogen-bond donors (Lipinski definition) is 0. The van der Waals surface area contributed by atoms with E-state index in [-0.39, 0.29) is 4.71 Å². The van der Waals surface area contributed by atoms with Crippen LogP contribution in [0.4, 0.5) is 0 Å². The van der Waals surface area contributed by atoms with Gasteiger partial charge in [0.2, 0.25) is 0 Å². The highest BCUT2D eigenvalue weighted by Gasteiger charge is 1.96. The second-order valence-corrected chi connectivity index (χ2v) is 4.30. The van der Waals surface area contributed by atoms with Gasteiger partial charge in [0.25, 0.3) is 0 Å². The minimum Gasteiger partial charge on any atom is -0.111 e. The normalized spacial score (nSPS) is 13.0. The molecule has 2 heteroatoms. The van der Waals surface area contributed by atoms with Crippen LogP contribution in [0.2, 0.25) is 0 Å². The van der Waals surface area contributed by atoms with Gasteiger partial charge in [0.1, 0.15) is 0 Å². The summed E-state index contributed by atoms with van der Waals surface area (Å²) >= 11 is 7.44. The van der Waals surface area contributed by atoms with Crippen LogP contribution < -0.4 is 0 Å². The molecule has 0 amide bonds. The molecule has 1 atom stereocenters. The first kappa shape index (κ1) is 7.96. The lowest BCUT2D eigenvalue weighted by Gasteiger charge is -2.00. The minimum absolute atomic E-state index is 0.155. The Morgan fingerprint density at radius 2 is 1.90 bits per heavy atom. The molecule has 1 aromatic carbocycles. The number of alkyl halides is 1. The van der Waals surface area contributed by atoms with Gasteiger partial charge in [0.15, 0.2) is 0 Å². The summed E-state index contributed by atoms with van der Waals surface area (Å²) in [5.74, 6) is 0. The highest BCUT2D eigenvalue weighted by Crippen LogP contribution is 2.24. The summed E-state index contributed by atoms with van der Waals surface area (Å²) in [5.41, 5.74) is 0. The van der Waals surface area contributed by atoms with Gasteiger partial charge < -0.3 is 0 Å². The Kier molecular flexibility index (Phi) is 3.10. The van der Waals surface area contributed by atoms with E-state index >= 15 is 0 Å². The van der Waals surface area contributed by atoms with E-state index in [2.05, 4.69) is 12.1 Å². The topological polar surface area (TPSA) is 0 Å². The fourth-order valence-electron chi connectivity index (χ4n) is 0.687. The Morgan fingerprint density at radius 1 is 1.30 bits per heavy atom. The van der Waals surface area contributed by atoms with Crippen molar-refractivity contribution in [2.24, 2.45) is 0 Å². The standard InChI is InChI=1S/C8H9ClS/c1-7(9)10-8-5-3-2-4-6-8/h2-7H,1H3. The van der Waals surface area contributed by atoms with Gasteiger partial charge in [-0.2, -0.15) is 0 Å². The molecule has 0 radical (unpaired) electrons. The van der Waals surface area contributed by atoms with E-state index in [0.717, 1.165) is 0 Å². The maximum atomic E-state index is 5.78. The maximum Gasteiger partial charge on any atom is 0.0807 e. The van der Waals surface area contributed by atoms with Crippen LogP contribution in [0.3, 0.4) is 0 Å². The number of hydrogen-bond acceptors (Lipinski definition) is 1. The number of thioether (sulfide) groups is 1. The molecular formula is C8H9ClS. The number of benzene rings is 1. The first-order valence-corrected chi connectivity index (χ1v) is 4.46. The van der Waals surface area contributed by atoms with Crippen LogP contribution in [-0.4, -0.2) is 4.71 Å². The fraction of sp³-hybridized carbons (Fsp3) is 0.250. The van der Waals surface area contributed by atoms with Crippen molar-refractivity contribution in [2.75, 3.05) is 0 Å². The Bertz CT molecular complexity index is 184. The highest BCUT2D eigenvalue weighted by molar-refractivity contribution is 8.01. The van der Waals surface area contributed by atoms with Gasteiger partial charge in [-0.1, -0.05) is 18.2 Å². The van der Waals surface area contributed by atoms with Crippen LogP contribution in [0.15, 0.2) is 35.2 Å². The molecule has 0 aliphatic carbocycles. The Labute approximate surface area is 70.6 Å². The van der Waals surface area contributed by atoms with Crippen molar-refractivity contribution in [2.45, 2.75) is 16.5 Å². The van der Waals surface area contributed by atoms with Gasteiger partial charge in [-0.3, -0.25) is 0 Å². The maximum absolute atomic E-state index is 5.78. The van der Waals surface area contributed by atoms with Crippen molar-refractivity contribution in [1.82, 2.24) is 0 Å². The average molecular weight is 173 g/mol. The van der Waals surface area contributed by atoms with Crippen molar-refractivity contribution in [3.05, 3.63) is 30.3 Å². The third-order valence-corrected chi connectivity index (χ3v) is 2.18. The molecule has 54 valence electrons. The van der Waals surface area contributed by atoms with Gasteiger partial charge in [0.05, 0.1) is 4.71 Å². The van der Waals surface area contributed by atoms with Gasteiger partial charge >= 0.3 is 0 Å². The van der Waals surface area contributed by atoms with E-state index in [1.165, 1.54) is 4.90 Å². The molecule has 1 unspecified atom stereocenters. The molecule has 0 heterocycles. The SMILES string of the molecule is CC(Cl)Sc1ccccc1. The number of halogens is 1. The first-order valence-electron chi connectivity index (χ1n) is 3.15. The molecule has 0 saturated carbocycles. The monoisotopic (exact) mass is 172 g/mol. The molecule has 0 nitrogen and oxygen atoms in total. The van der Waals surface area contributed by atoms with Crippen molar-refractivity contribution >= 4 is 23.4 Å². The summed E-state index contributed by atoms with van der Waals surface area (Å²) < 4.78 is 0.155. The molecule has 10 heavy (non-hydrogen) atoms. The van der Waals surface area contributed by atoms with Gasteiger partial charge in [-0.15, -0.1) is 23.4 Å². The van der Waals surface area contributed by atoms with Crippen molar-refractivity contribution in [3.8, 4) is 0 Å². The molecule has 0 spiro atoms. The fourth-order valence-corrected chi connectivity index (χ4v) is 1.68. The Hall–Kier alpha value is -0.140. The Morgan fingerprint density at radius 3 is 2.40 bits per heavy atom. The molecule has 0 fully saturated rings. The molecule has 0 aromatic heterocycles. The predicted molar refractivity (Wildman–Crippen MR) is 47.6 cm³/mol. The van der Waals surface area contributed by atoms with E-state index in [0.29, 0.717) is 0 Å². The van der Waals surface area contributed by atoms with E-state index in [9.17, 15) is 0 Å². The quantitative estimate of drug-likeness (QED) is 0.487. The summed E-state index contributed by atoms with van der Waals surface area (Å²) in [6.07, 6.45) is 0. The zero-order chi connectivity index (χ0) is 7.40. The summed E-state index contributed by atoms with van der Waals surface area (Å²) in [7, 11) is 0. The Balaban J connectivity index is 2.59. The van der Waals surface area contributed by atoms with Crippen molar-refractivity contribution in [1.29, 1.82) is 0 Å². The van der Waals surface area contributed by atoms with E-state index < -0.39 is 0 Å². The average Bonchev–Trinajstić information content (AvgIpc) is 1.88. The molecule has 0 aliphatic rings. The third-order valence-electron chi connectivity index (χ3n) is 1.04. The number of rotatable bonds is 2. The largest absolute Gasteiger partial charge is 0.111 e. The lowest BCUT2D eigenvalue weighted by Crippen LogP contribution is -1.79. The molecule has 0 saturated heterocycles. The van der Waals surface area contributed by atoms with Crippen LogP contribution in [-0.2, 0) is 0 Å². The molecular weight excluding hydrogens is 164 g/mol. The third kappa shape index (κ3) is 2.63. The molecule has 0 N–H and O–H groups in total. The van der Waals surface area contributed by atoms with Gasteiger partial charge in [-0.05, 0) is 19.1 Å². The van der Waals surface area contributed by atoms with Crippen LogP contribution in [0.1, 0.15) is 6.92 Å². The van der Waals surface area contributed by atoms with Crippen molar-refractivity contribution in [3.63, 3.8) is 0 Å². The van der Waals surface area contributed by atoms with Gasteiger partial charge in [-0.25, -0.2) is 0 Å². The smallest absolute Gasteiger partial charge is 0.0807 e. The molecule has 1 aromatic rings.